The first-order valence-corrected chi connectivity index (χ1v) is 16.6. The Balaban J connectivity index is 1.06. The fraction of sp³-hybridized carbons (Fsp3) is 0.243. The van der Waals surface area contributed by atoms with Crippen LogP contribution in [-0.4, -0.2) is 67.2 Å². The van der Waals surface area contributed by atoms with Gasteiger partial charge < -0.3 is 14.6 Å². The standard InChI is InChI=1S/C37H32F2N6O3S/c38-29-17-27-31(43(33-18-30(33)39)21-28(34(27)46)36(47)48)19-32(29)42-14-12-41(13-15-42)22-45-37(49)44(20-23-6-2-1-3-7-23)35(40-45)26-11-10-24-8-4-5-9-25(24)16-26/h1-11,16-17,19,21,30,33H,12-15,18,20,22H2,(H,47,48)/t30-,33+/m0/s1. The molecule has 1 aliphatic heterocycles. The first-order valence-electron chi connectivity index (χ1n) is 16.2. The molecular weight excluding hydrogens is 647 g/mol. The zero-order valence-corrected chi connectivity index (χ0v) is 27.2. The molecule has 2 aliphatic rings. The van der Waals surface area contributed by atoms with Crippen LogP contribution in [0.25, 0.3) is 33.1 Å². The van der Waals surface area contributed by atoms with Gasteiger partial charge in [0.2, 0.25) is 5.43 Å². The molecule has 2 atom stereocenters. The van der Waals surface area contributed by atoms with Crippen molar-refractivity contribution in [2.24, 2.45) is 0 Å². The van der Waals surface area contributed by atoms with E-state index in [1.54, 1.807) is 6.07 Å². The van der Waals surface area contributed by atoms with E-state index >= 15 is 4.39 Å². The van der Waals surface area contributed by atoms with E-state index < -0.39 is 35.0 Å². The number of carboxylic acids is 1. The summed E-state index contributed by atoms with van der Waals surface area (Å²) in [5.74, 6) is -1.27. The number of carboxylic acid groups (broad SMARTS) is 1. The molecule has 2 fully saturated rings. The summed E-state index contributed by atoms with van der Waals surface area (Å²) in [5, 5.41) is 16.8. The second-order valence-corrected chi connectivity index (χ2v) is 13.1. The molecule has 12 heteroatoms. The lowest BCUT2D eigenvalue weighted by Gasteiger charge is -2.36. The maximum Gasteiger partial charge on any atom is 0.341 e. The van der Waals surface area contributed by atoms with Gasteiger partial charge >= 0.3 is 5.97 Å². The van der Waals surface area contributed by atoms with Crippen molar-refractivity contribution in [1.29, 1.82) is 0 Å². The third-order valence-corrected chi connectivity index (χ3v) is 9.96. The summed E-state index contributed by atoms with van der Waals surface area (Å²) in [6, 6.07) is 26.7. The topological polar surface area (TPSA) is 88.5 Å². The number of aromatic nitrogens is 4. The fourth-order valence-electron chi connectivity index (χ4n) is 6.77. The number of hydrogen-bond donors (Lipinski definition) is 1. The normalized spacial score (nSPS) is 18.0. The number of fused-ring (bicyclic) bond motifs is 2. The maximum absolute atomic E-state index is 15.6. The van der Waals surface area contributed by atoms with Crippen LogP contribution < -0.4 is 10.3 Å². The number of hydrogen-bond acceptors (Lipinski definition) is 6. The molecule has 1 saturated heterocycles. The zero-order chi connectivity index (χ0) is 33.8. The second kappa shape index (κ2) is 12.4. The predicted molar refractivity (Wildman–Crippen MR) is 187 cm³/mol. The van der Waals surface area contributed by atoms with E-state index in [-0.39, 0.29) is 11.8 Å². The van der Waals surface area contributed by atoms with Crippen molar-refractivity contribution < 1.29 is 18.7 Å². The van der Waals surface area contributed by atoms with Crippen LogP contribution in [0.2, 0.25) is 0 Å². The molecule has 0 radical (unpaired) electrons. The van der Waals surface area contributed by atoms with E-state index in [2.05, 4.69) is 51.9 Å². The lowest BCUT2D eigenvalue weighted by atomic mass is 10.1. The second-order valence-electron chi connectivity index (χ2n) is 12.7. The Hall–Kier alpha value is -5.20. The van der Waals surface area contributed by atoms with Crippen molar-refractivity contribution >= 4 is 45.5 Å². The zero-order valence-electron chi connectivity index (χ0n) is 26.4. The van der Waals surface area contributed by atoms with Gasteiger partial charge in [-0.05, 0) is 46.8 Å². The fourth-order valence-corrected chi connectivity index (χ4v) is 7.02. The number of alkyl halides is 1. The van der Waals surface area contributed by atoms with Crippen LogP contribution in [0.15, 0.2) is 95.9 Å². The highest BCUT2D eigenvalue weighted by molar-refractivity contribution is 7.71. The SMILES string of the molecule is O=C(O)c1cn([C@@H]2C[C@@H]2F)c2cc(N3CCN(Cn4nc(-c5ccc6ccccc6c5)n(Cc5ccccc5)c4=S)CC3)c(F)cc2c1=O. The summed E-state index contributed by atoms with van der Waals surface area (Å²) in [5.41, 5.74) is 1.42. The Kier molecular flexibility index (Phi) is 7.84. The van der Waals surface area contributed by atoms with Gasteiger partial charge in [-0.2, -0.15) is 5.10 Å². The average molecular weight is 679 g/mol. The molecular formula is C37H32F2N6O3S. The number of rotatable bonds is 8. The Bertz CT molecular complexity index is 2360. The summed E-state index contributed by atoms with van der Waals surface area (Å²) in [6.45, 7) is 3.19. The van der Waals surface area contributed by atoms with Crippen LogP contribution in [0.4, 0.5) is 14.5 Å². The molecule has 6 aromatic rings. The number of aromatic carboxylic acids is 1. The number of carbonyl (C=O) groups is 1. The van der Waals surface area contributed by atoms with Crippen LogP contribution >= 0.6 is 12.2 Å². The largest absolute Gasteiger partial charge is 0.477 e. The average Bonchev–Trinajstić information content (AvgIpc) is 3.77. The minimum Gasteiger partial charge on any atom is -0.477 e. The molecule has 1 N–H and O–H groups in total. The van der Waals surface area contributed by atoms with Gasteiger partial charge in [-0.1, -0.05) is 66.7 Å². The lowest BCUT2D eigenvalue weighted by Crippen LogP contribution is -2.47. The number of anilines is 1. The maximum atomic E-state index is 15.6. The van der Waals surface area contributed by atoms with E-state index in [0.717, 1.165) is 33.8 Å². The third-order valence-electron chi connectivity index (χ3n) is 9.53. The smallest absolute Gasteiger partial charge is 0.341 e. The van der Waals surface area contributed by atoms with Crippen LogP contribution in [0, 0.1) is 10.6 Å². The Morgan fingerprint density at radius 1 is 0.939 bits per heavy atom. The molecule has 1 saturated carbocycles. The quantitative estimate of drug-likeness (QED) is 0.184. The predicted octanol–water partition coefficient (Wildman–Crippen LogP) is 6.50. The van der Waals surface area contributed by atoms with Gasteiger partial charge in [0.25, 0.3) is 0 Å². The van der Waals surface area contributed by atoms with E-state index in [1.165, 1.54) is 10.8 Å². The van der Waals surface area contributed by atoms with Crippen LogP contribution in [0.3, 0.4) is 0 Å². The van der Waals surface area contributed by atoms with Crippen molar-refractivity contribution in [3.8, 4) is 11.4 Å². The highest BCUT2D eigenvalue weighted by Crippen LogP contribution is 2.41. The Labute approximate surface area is 284 Å². The van der Waals surface area contributed by atoms with Crippen molar-refractivity contribution in [2.45, 2.75) is 31.8 Å². The summed E-state index contributed by atoms with van der Waals surface area (Å²) in [4.78, 5) is 28.7. The molecule has 9 nitrogen and oxygen atoms in total. The summed E-state index contributed by atoms with van der Waals surface area (Å²) < 4.78 is 35.7. The first kappa shape index (κ1) is 31.1. The van der Waals surface area contributed by atoms with Crippen LogP contribution in [-0.2, 0) is 13.2 Å². The molecule has 4 aromatic carbocycles. The highest BCUT2D eigenvalue weighted by Gasteiger charge is 2.40. The Morgan fingerprint density at radius 3 is 2.37 bits per heavy atom. The van der Waals surface area contributed by atoms with E-state index in [4.69, 9.17) is 17.3 Å². The van der Waals surface area contributed by atoms with Crippen LogP contribution in [0.1, 0.15) is 28.4 Å². The van der Waals surface area contributed by atoms with Gasteiger partial charge in [-0.25, -0.2) is 18.3 Å². The lowest BCUT2D eigenvalue weighted by molar-refractivity contribution is 0.0694. The molecule has 2 aromatic heterocycles. The van der Waals surface area contributed by atoms with Gasteiger partial charge in [-0.3, -0.25) is 14.3 Å². The highest BCUT2D eigenvalue weighted by atomic mass is 32.1. The van der Waals surface area contributed by atoms with Gasteiger partial charge in [0.15, 0.2) is 10.6 Å². The molecule has 0 amide bonds. The van der Waals surface area contributed by atoms with Gasteiger partial charge in [0.1, 0.15) is 17.6 Å². The van der Waals surface area contributed by atoms with E-state index in [9.17, 15) is 19.1 Å². The molecule has 3 heterocycles. The number of nitrogens with zero attached hydrogens (tertiary/aromatic N) is 6. The van der Waals surface area contributed by atoms with E-state index in [1.807, 2.05) is 39.9 Å². The molecule has 248 valence electrons. The molecule has 8 rings (SSSR count). The number of piperazine rings is 1. The molecule has 0 spiro atoms. The number of pyridine rings is 1. The van der Waals surface area contributed by atoms with Gasteiger partial charge in [0.05, 0.1) is 30.5 Å². The first-order chi connectivity index (χ1) is 23.7. The Morgan fingerprint density at radius 2 is 1.65 bits per heavy atom. The third kappa shape index (κ3) is 5.80. The molecule has 1 aliphatic carbocycles. The van der Waals surface area contributed by atoms with Gasteiger partial charge in [-0.15, -0.1) is 0 Å². The van der Waals surface area contributed by atoms with Crippen molar-refractivity contribution in [3.05, 3.63) is 123 Å². The number of benzene rings is 4. The van der Waals surface area contributed by atoms with E-state index in [0.29, 0.717) is 55.4 Å². The molecule has 0 unspecified atom stereocenters. The molecule has 49 heavy (non-hydrogen) atoms. The minimum atomic E-state index is -1.42. The summed E-state index contributed by atoms with van der Waals surface area (Å²) in [7, 11) is 0. The van der Waals surface area contributed by atoms with Crippen molar-refractivity contribution in [1.82, 2.24) is 23.8 Å². The van der Waals surface area contributed by atoms with Crippen molar-refractivity contribution in [3.63, 3.8) is 0 Å². The van der Waals surface area contributed by atoms with Crippen molar-refractivity contribution in [2.75, 3.05) is 31.1 Å². The summed E-state index contributed by atoms with van der Waals surface area (Å²) in [6.07, 6.45) is 0.257. The van der Waals surface area contributed by atoms with Gasteiger partial charge in [0, 0.05) is 49.7 Å². The molecule has 0 bridgehead atoms. The minimum absolute atomic E-state index is 0.0680. The van der Waals surface area contributed by atoms with Crippen LogP contribution in [0.5, 0.6) is 0 Å². The monoisotopic (exact) mass is 678 g/mol. The summed E-state index contributed by atoms with van der Waals surface area (Å²) >= 11 is 6.01. The number of halogens is 2.